The first-order valence-corrected chi connectivity index (χ1v) is 4.69. The molecule has 0 aliphatic rings. The average Bonchev–Trinajstić information content (AvgIpc) is 2.03. The van der Waals surface area contributed by atoms with Crippen LogP contribution in [-0.2, 0) is 4.74 Å². The first-order chi connectivity index (χ1) is 5.41. The summed E-state index contributed by atoms with van der Waals surface area (Å²) in [7, 11) is 0. The number of nitrogens with two attached hydrogens (primary N) is 1. The molecule has 0 atom stereocenters. The third-order valence-electron chi connectivity index (χ3n) is 1.64. The molecule has 0 aromatic carbocycles. The number of hydrogen-bond donors (Lipinski definition) is 1. The molecule has 0 aliphatic heterocycles. The fraction of sp³-hybridized carbons (Fsp3) is 1.00. The summed E-state index contributed by atoms with van der Waals surface area (Å²) in [5.41, 5.74) is 5.35. The van der Waals surface area contributed by atoms with Crippen molar-refractivity contribution in [3.63, 3.8) is 0 Å². The first kappa shape index (κ1) is 10.9. The summed E-state index contributed by atoms with van der Waals surface area (Å²) in [6.07, 6.45) is 5.93. The van der Waals surface area contributed by atoms with Gasteiger partial charge in [0, 0.05) is 13.2 Å². The van der Waals surface area contributed by atoms with E-state index in [1.54, 1.807) is 0 Å². The van der Waals surface area contributed by atoms with Crippen LogP contribution >= 0.6 is 0 Å². The minimum absolute atomic E-state index is 0.814. The summed E-state index contributed by atoms with van der Waals surface area (Å²) in [6.45, 7) is 4.84. The van der Waals surface area contributed by atoms with E-state index >= 15 is 0 Å². The van der Waals surface area contributed by atoms with Crippen molar-refractivity contribution >= 4 is 0 Å². The second kappa shape index (κ2) is 9.92. The van der Waals surface area contributed by atoms with E-state index in [4.69, 9.17) is 10.5 Å². The van der Waals surface area contributed by atoms with Crippen molar-refractivity contribution in [1.82, 2.24) is 0 Å². The van der Waals surface area contributed by atoms with Gasteiger partial charge in [-0.2, -0.15) is 0 Å². The van der Waals surface area contributed by atoms with Crippen molar-refractivity contribution < 1.29 is 4.74 Å². The molecule has 68 valence electrons. The number of hydrogen-bond acceptors (Lipinski definition) is 2. The van der Waals surface area contributed by atoms with Crippen LogP contribution in [0.4, 0.5) is 0 Å². The van der Waals surface area contributed by atoms with Gasteiger partial charge < -0.3 is 10.5 Å². The maximum Gasteiger partial charge on any atom is 0.0466 e. The lowest BCUT2D eigenvalue weighted by atomic mass is 10.2. The number of unbranched alkanes of at least 4 members (excludes halogenated alkanes) is 3. The van der Waals surface area contributed by atoms with E-state index in [0.717, 1.165) is 26.2 Å². The van der Waals surface area contributed by atoms with E-state index in [2.05, 4.69) is 6.92 Å². The molecule has 0 bridgehead atoms. The van der Waals surface area contributed by atoms with Crippen molar-refractivity contribution in [3.8, 4) is 0 Å². The van der Waals surface area contributed by atoms with Gasteiger partial charge >= 0.3 is 0 Å². The summed E-state index contributed by atoms with van der Waals surface area (Å²) in [5.74, 6) is 0. The van der Waals surface area contributed by atoms with E-state index in [0.29, 0.717) is 0 Å². The van der Waals surface area contributed by atoms with Crippen LogP contribution in [0.5, 0.6) is 0 Å². The first-order valence-electron chi connectivity index (χ1n) is 4.69. The number of rotatable bonds is 8. The summed E-state index contributed by atoms with van der Waals surface area (Å²) in [6, 6.07) is 0. The van der Waals surface area contributed by atoms with E-state index in [9.17, 15) is 0 Å². The standard InChI is InChI=1S/C9H21NO/c1-2-3-8-11-9-6-4-5-7-10/h2-10H2,1H3. The molecule has 0 aromatic heterocycles. The Morgan fingerprint density at radius 3 is 2.36 bits per heavy atom. The van der Waals surface area contributed by atoms with Gasteiger partial charge in [-0.25, -0.2) is 0 Å². The Bertz CT molecular complexity index is 58.6. The minimum atomic E-state index is 0.814. The third kappa shape index (κ3) is 9.92. The summed E-state index contributed by atoms with van der Waals surface area (Å²) >= 11 is 0. The van der Waals surface area contributed by atoms with Crippen LogP contribution < -0.4 is 5.73 Å². The Labute approximate surface area is 70.1 Å². The molecule has 0 aromatic rings. The van der Waals surface area contributed by atoms with Gasteiger partial charge in [-0.05, 0) is 32.2 Å². The average molecular weight is 159 g/mol. The van der Waals surface area contributed by atoms with Gasteiger partial charge in [0.2, 0.25) is 0 Å². The van der Waals surface area contributed by atoms with Crippen LogP contribution in [0.2, 0.25) is 0 Å². The molecule has 11 heavy (non-hydrogen) atoms. The summed E-state index contributed by atoms with van der Waals surface area (Å²) in [4.78, 5) is 0. The van der Waals surface area contributed by atoms with Gasteiger partial charge in [0.05, 0.1) is 0 Å². The predicted molar refractivity (Wildman–Crippen MR) is 48.6 cm³/mol. The molecule has 0 saturated carbocycles. The predicted octanol–water partition coefficient (Wildman–Crippen LogP) is 1.93. The lowest BCUT2D eigenvalue weighted by Crippen LogP contribution is -2.00. The molecule has 2 N–H and O–H groups in total. The summed E-state index contributed by atoms with van der Waals surface area (Å²) in [5, 5.41) is 0. The van der Waals surface area contributed by atoms with Crippen molar-refractivity contribution in [2.75, 3.05) is 19.8 Å². The van der Waals surface area contributed by atoms with Crippen molar-refractivity contribution in [3.05, 3.63) is 0 Å². The van der Waals surface area contributed by atoms with Gasteiger partial charge in [0.1, 0.15) is 0 Å². The third-order valence-corrected chi connectivity index (χ3v) is 1.64. The summed E-state index contributed by atoms with van der Waals surface area (Å²) < 4.78 is 5.38. The fourth-order valence-corrected chi connectivity index (χ4v) is 0.874. The zero-order valence-corrected chi connectivity index (χ0v) is 7.64. The monoisotopic (exact) mass is 159 g/mol. The van der Waals surface area contributed by atoms with Crippen LogP contribution in [0.3, 0.4) is 0 Å². The Hall–Kier alpha value is -0.0800. The quantitative estimate of drug-likeness (QED) is 0.549. The molecule has 0 rings (SSSR count). The van der Waals surface area contributed by atoms with Crippen LogP contribution in [0.25, 0.3) is 0 Å². The molecule has 2 heteroatoms. The van der Waals surface area contributed by atoms with Crippen LogP contribution in [0.15, 0.2) is 0 Å². The van der Waals surface area contributed by atoms with Gasteiger partial charge in [-0.3, -0.25) is 0 Å². The Morgan fingerprint density at radius 1 is 1.00 bits per heavy atom. The lowest BCUT2D eigenvalue weighted by molar-refractivity contribution is 0.127. The zero-order valence-electron chi connectivity index (χ0n) is 7.64. The van der Waals surface area contributed by atoms with Crippen molar-refractivity contribution in [2.24, 2.45) is 5.73 Å². The minimum Gasteiger partial charge on any atom is -0.381 e. The highest BCUT2D eigenvalue weighted by atomic mass is 16.5. The van der Waals surface area contributed by atoms with Crippen molar-refractivity contribution in [1.29, 1.82) is 0 Å². The second-order valence-corrected chi connectivity index (χ2v) is 2.82. The van der Waals surface area contributed by atoms with Crippen molar-refractivity contribution in [2.45, 2.75) is 39.0 Å². The highest BCUT2D eigenvalue weighted by molar-refractivity contribution is 4.41. The zero-order chi connectivity index (χ0) is 8.36. The second-order valence-electron chi connectivity index (χ2n) is 2.82. The van der Waals surface area contributed by atoms with Gasteiger partial charge in [0.15, 0.2) is 0 Å². The SMILES string of the molecule is CCCCOCCCCCN. The highest BCUT2D eigenvalue weighted by Gasteiger charge is 1.88. The molecule has 0 unspecified atom stereocenters. The van der Waals surface area contributed by atoms with E-state index < -0.39 is 0 Å². The van der Waals surface area contributed by atoms with Crippen LogP contribution in [0.1, 0.15) is 39.0 Å². The Morgan fingerprint density at radius 2 is 1.73 bits per heavy atom. The molecular formula is C9H21NO. The topological polar surface area (TPSA) is 35.2 Å². The molecule has 2 nitrogen and oxygen atoms in total. The highest BCUT2D eigenvalue weighted by Crippen LogP contribution is 1.95. The largest absolute Gasteiger partial charge is 0.381 e. The normalized spacial score (nSPS) is 10.4. The Balaban J connectivity index is 2.69. The van der Waals surface area contributed by atoms with Gasteiger partial charge in [-0.1, -0.05) is 13.3 Å². The van der Waals surface area contributed by atoms with E-state index in [-0.39, 0.29) is 0 Å². The molecule has 0 fully saturated rings. The maximum absolute atomic E-state index is 5.38. The van der Waals surface area contributed by atoms with E-state index in [1.165, 1.54) is 25.7 Å². The van der Waals surface area contributed by atoms with Gasteiger partial charge in [-0.15, -0.1) is 0 Å². The van der Waals surface area contributed by atoms with Crippen LogP contribution in [-0.4, -0.2) is 19.8 Å². The van der Waals surface area contributed by atoms with Gasteiger partial charge in [0.25, 0.3) is 0 Å². The van der Waals surface area contributed by atoms with E-state index in [1.807, 2.05) is 0 Å². The fourth-order valence-electron chi connectivity index (χ4n) is 0.874. The maximum atomic E-state index is 5.38. The smallest absolute Gasteiger partial charge is 0.0466 e. The molecule has 0 spiro atoms. The lowest BCUT2D eigenvalue weighted by Gasteiger charge is -2.01. The molecular weight excluding hydrogens is 138 g/mol. The Kier molecular flexibility index (Phi) is 9.85. The molecule has 0 radical (unpaired) electrons. The molecule has 0 amide bonds. The molecule has 0 heterocycles. The van der Waals surface area contributed by atoms with Crippen LogP contribution in [0, 0.1) is 0 Å². The number of ether oxygens (including phenoxy) is 1. The molecule has 0 aliphatic carbocycles. The molecule has 0 saturated heterocycles.